The highest BCUT2D eigenvalue weighted by atomic mass is 16.5. The molecule has 2 heterocycles. The Balaban J connectivity index is 1.73. The zero-order valence-electron chi connectivity index (χ0n) is 11.4. The number of hydrogen-bond acceptors (Lipinski definition) is 2. The Morgan fingerprint density at radius 1 is 1.28 bits per heavy atom. The van der Waals surface area contributed by atoms with Gasteiger partial charge in [-0.25, -0.2) is 0 Å². The van der Waals surface area contributed by atoms with Crippen molar-refractivity contribution < 1.29 is 4.74 Å². The highest BCUT2D eigenvalue weighted by Crippen LogP contribution is 2.40. The number of hydrogen-bond donors (Lipinski definition) is 1. The second kappa shape index (κ2) is 4.67. The molecule has 2 fully saturated rings. The van der Waals surface area contributed by atoms with Crippen LogP contribution in [0.25, 0.3) is 0 Å². The molecule has 0 aromatic heterocycles. The summed E-state index contributed by atoms with van der Waals surface area (Å²) in [7, 11) is 0. The van der Waals surface area contributed by atoms with Gasteiger partial charge in [0.2, 0.25) is 0 Å². The van der Waals surface area contributed by atoms with Gasteiger partial charge in [0.05, 0.1) is 12.2 Å². The van der Waals surface area contributed by atoms with Crippen LogP contribution in [-0.2, 0) is 11.2 Å². The molecule has 1 aromatic rings. The Bertz CT molecular complexity index is 422. The van der Waals surface area contributed by atoms with E-state index in [1.54, 1.807) is 0 Å². The maximum absolute atomic E-state index is 6.46. The van der Waals surface area contributed by atoms with Crippen molar-refractivity contribution in [2.75, 3.05) is 0 Å². The predicted octanol–water partition coefficient (Wildman–Crippen LogP) is 2.74. The molecule has 2 nitrogen and oxygen atoms in total. The van der Waals surface area contributed by atoms with Crippen molar-refractivity contribution in [2.24, 2.45) is 11.7 Å². The van der Waals surface area contributed by atoms with Gasteiger partial charge < -0.3 is 10.5 Å². The minimum atomic E-state index is 0.250. The Kier molecular flexibility index (Phi) is 3.16. The molecule has 18 heavy (non-hydrogen) atoms. The third-order valence-corrected chi connectivity index (χ3v) is 4.79. The molecule has 0 saturated carbocycles. The van der Waals surface area contributed by atoms with Gasteiger partial charge in [0.15, 0.2) is 0 Å². The normalized spacial score (nSPS) is 31.8. The molecule has 2 N–H and O–H groups in total. The number of fused-ring (bicyclic) bond motifs is 2. The summed E-state index contributed by atoms with van der Waals surface area (Å²) in [6, 6.07) is 6.75. The van der Waals surface area contributed by atoms with Crippen LogP contribution in [0.15, 0.2) is 18.2 Å². The van der Waals surface area contributed by atoms with Crippen LogP contribution in [0.5, 0.6) is 0 Å². The third kappa shape index (κ3) is 2.08. The summed E-state index contributed by atoms with van der Waals surface area (Å²) in [5, 5.41) is 0. The Hall–Kier alpha value is -0.860. The van der Waals surface area contributed by atoms with E-state index in [2.05, 4.69) is 32.0 Å². The van der Waals surface area contributed by atoms with E-state index in [1.807, 2.05) is 0 Å². The fourth-order valence-electron chi connectivity index (χ4n) is 3.69. The monoisotopic (exact) mass is 245 g/mol. The van der Waals surface area contributed by atoms with E-state index in [4.69, 9.17) is 10.5 Å². The van der Waals surface area contributed by atoms with Gasteiger partial charge in [-0.1, -0.05) is 18.2 Å². The lowest BCUT2D eigenvalue weighted by atomic mass is 9.81. The van der Waals surface area contributed by atoms with E-state index in [-0.39, 0.29) is 6.04 Å². The van der Waals surface area contributed by atoms with Gasteiger partial charge in [-0.15, -0.1) is 0 Å². The van der Waals surface area contributed by atoms with E-state index >= 15 is 0 Å². The number of nitrogens with two attached hydrogens (primary N) is 1. The molecule has 0 spiro atoms. The van der Waals surface area contributed by atoms with Crippen molar-refractivity contribution in [2.45, 2.75) is 57.8 Å². The highest BCUT2D eigenvalue weighted by molar-refractivity contribution is 5.34. The molecule has 1 aromatic carbocycles. The van der Waals surface area contributed by atoms with Crippen molar-refractivity contribution in [3.05, 3.63) is 34.9 Å². The topological polar surface area (TPSA) is 35.2 Å². The molecule has 2 aliphatic rings. The SMILES string of the molecule is Cc1cccc(C)c1CC(N)C1CC2CCC1O2. The summed E-state index contributed by atoms with van der Waals surface area (Å²) in [6.45, 7) is 4.37. The second-order valence-electron chi connectivity index (χ2n) is 6.01. The first-order valence-electron chi connectivity index (χ1n) is 7.11. The summed E-state index contributed by atoms with van der Waals surface area (Å²) in [5.74, 6) is 0.572. The van der Waals surface area contributed by atoms with E-state index in [0.29, 0.717) is 18.1 Å². The molecular weight excluding hydrogens is 222 g/mol. The lowest BCUT2D eigenvalue weighted by Gasteiger charge is -2.26. The predicted molar refractivity (Wildman–Crippen MR) is 73.6 cm³/mol. The standard InChI is InChI=1S/C16H23NO/c1-10-4-3-5-11(2)13(10)9-15(17)14-8-12-6-7-16(14)18-12/h3-5,12,14-16H,6-9,17H2,1-2H3. The molecule has 0 amide bonds. The molecule has 2 bridgehead atoms. The first-order chi connectivity index (χ1) is 8.65. The minimum Gasteiger partial charge on any atom is -0.375 e. The highest BCUT2D eigenvalue weighted by Gasteiger charge is 2.43. The lowest BCUT2D eigenvalue weighted by molar-refractivity contribution is 0.0885. The average molecular weight is 245 g/mol. The molecule has 2 saturated heterocycles. The molecule has 2 aliphatic heterocycles. The van der Waals surface area contributed by atoms with Gasteiger partial charge in [0, 0.05) is 12.0 Å². The van der Waals surface area contributed by atoms with Gasteiger partial charge >= 0.3 is 0 Å². The van der Waals surface area contributed by atoms with Crippen LogP contribution in [0, 0.1) is 19.8 Å². The van der Waals surface area contributed by atoms with Crippen LogP contribution in [0.2, 0.25) is 0 Å². The van der Waals surface area contributed by atoms with Crippen molar-refractivity contribution in [3.63, 3.8) is 0 Å². The maximum atomic E-state index is 6.46. The summed E-state index contributed by atoms with van der Waals surface area (Å²) < 4.78 is 5.92. The fourth-order valence-corrected chi connectivity index (χ4v) is 3.69. The van der Waals surface area contributed by atoms with E-state index in [9.17, 15) is 0 Å². The van der Waals surface area contributed by atoms with Gasteiger partial charge in [-0.3, -0.25) is 0 Å². The number of benzene rings is 1. The summed E-state index contributed by atoms with van der Waals surface area (Å²) >= 11 is 0. The van der Waals surface area contributed by atoms with E-state index in [0.717, 1.165) is 6.42 Å². The van der Waals surface area contributed by atoms with Crippen LogP contribution < -0.4 is 5.73 Å². The number of ether oxygens (including phenoxy) is 1. The Morgan fingerprint density at radius 2 is 2.00 bits per heavy atom. The molecule has 4 atom stereocenters. The molecule has 0 aliphatic carbocycles. The van der Waals surface area contributed by atoms with Crippen LogP contribution in [0.3, 0.4) is 0 Å². The van der Waals surface area contributed by atoms with Gasteiger partial charge in [0.25, 0.3) is 0 Å². The molecule has 4 unspecified atom stereocenters. The fraction of sp³-hybridized carbons (Fsp3) is 0.625. The van der Waals surface area contributed by atoms with Crippen molar-refractivity contribution in [1.29, 1.82) is 0 Å². The van der Waals surface area contributed by atoms with E-state index in [1.165, 1.54) is 36.0 Å². The Morgan fingerprint density at radius 3 is 2.56 bits per heavy atom. The van der Waals surface area contributed by atoms with Crippen LogP contribution in [0.1, 0.15) is 36.0 Å². The molecular formula is C16H23NO. The maximum Gasteiger partial charge on any atom is 0.0623 e. The molecule has 98 valence electrons. The molecule has 3 rings (SSSR count). The van der Waals surface area contributed by atoms with Crippen molar-refractivity contribution in [1.82, 2.24) is 0 Å². The third-order valence-electron chi connectivity index (χ3n) is 4.79. The molecule has 2 heteroatoms. The van der Waals surface area contributed by atoms with Crippen LogP contribution >= 0.6 is 0 Å². The summed E-state index contributed by atoms with van der Waals surface area (Å²) in [4.78, 5) is 0. The van der Waals surface area contributed by atoms with Crippen LogP contribution in [0.4, 0.5) is 0 Å². The summed E-state index contributed by atoms with van der Waals surface area (Å²) in [5.41, 5.74) is 10.6. The van der Waals surface area contributed by atoms with Gasteiger partial charge in [0.1, 0.15) is 0 Å². The first-order valence-corrected chi connectivity index (χ1v) is 7.11. The number of rotatable bonds is 3. The van der Waals surface area contributed by atoms with Gasteiger partial charge in [-0.2, -0.15) is 0 Å². The number of aryl methyl sites for hydroxylation is 2. The zero-order valence-corrected chi connectivity index (χ0v) is 11.4. The Labute approximate surface area is 110 Å². The average Bonchev–Trinajstić information content (AvgIpc) is 2.96. The molecule has 0 radical (unpaired) electrons. The second-order valence-corrected chi connectivity index (χ2v) is 6.01. The van der Waals surface area contributed by atoms with E-state index < -0.39 is 0 Å². The zero-order chi connectivity index (χ0) is 12.7. The lowest BCUT2D eigenvalue weighted by Crippen LogP contribution is -2.38. The van der Waals surface area contributed by atoms with Gasteiger partial charge in [-0.05, 0) is 56.2 Å². The minimum absolute atomic E-state index is 0.250. The first kappa shape index (κ1) is 12.2. The quantitative estimate of drug-likeness (QED) is 0.888. The largest absolute Gasteiger partial charge is 0.375 e. The van der Waals surface area contributed by atoms with Crippen LogP contribution in [-0.4, -0.2) is 18.2 Å². The van der Waals surface area contributed by atoms with Crippen molar-refractivity contribution in [3.8, 4) is 0 Å². The smallest absolute Gasteiger partial charge is 0.0623 e. The van der Waals surface area contributed by atoms with Crippen molar-refractivity contribution >= 4 is 0 Å². The summed E-state index contributed by atoms with van der Waals surface area (Å²) in [6.07, 6.45) is 5.58.